The minimum atomic E-state index is -0.152. The third-order valence-electron chi connectivity index (χ3n) is 4.85. The van der Waals surface area contributed by atoms with Crippen LogP contribution in [0.3, 0.4) is 0 Å². The summed E-state index contributed by atoms with van der Waals surface area (Å²) in [5.74, 6) is 0. The van der Waals surface area contributed by atoms with Crippen molar-refractivity contribution in [2.75, 3.05) is 57.8 Å². The molecule has 1 atom stereocenters. The van der Waals surface area contributed by atoms with Gasteiger partial charge < -0.3 is 20.3 Å². The van der Waals surface area contributed by atoms with Gasteiger partial charge in [-0.2, -0.15) is 0 Å². The lowest BCUT2D eigenvalue weighted by molar-refractivity contribution is 0.0198. The van der Waals surface area contributed by atoms with Crippen molar-refractivity contribution in [2.45, 2.75) is 26.8 Å². The zero-order valence-electron chi connectivity index (χ0n) is 15.8. The van der Waals surface area contributed by atoms with Crippen LogP contribution in [0, 0.1) is 0 Å². The summed E-state index contributed by atoms with van der Waals surface area (Å²) >= 11 is 0. The lowest BCUT2D eigenvalue weighted by Crippen LogP contribution is -2.38. The van der Waals surface area contributed by atoms with Crippen LogP contribution in [0.5, 0.6) is 0 Å². The van der Waals surface area contributed by atoms with Gasteiger partial charge in [-0.1, -0.05) is 26.0 Å². The van der Waals surface area contributed by atoms with Crippen molar-refractivity contribution in [3.05, 3.63) is 29.8 Å². The van der Waals surface area contributed by atoms with E-state index in [-0.39, 0.29) is 6.03 Å². The lowest BCUT2D eigenvalue weighted by Gasteiger charge is -2.32. The minimum Gasteiger partial charge on any atom is -0.379 e. The van der Waals surface area contributed by atoms with Crippen molar-refractivity contribution in [3.63, 3.8) is 0 Å². The van der Waals surface area contributed by atoms with Gasteiger partial charge in [0.25, 0.3) is 0 Å². The number of nitrogens with one attached hydrogen (secondary N) is 2. The van der Waals surface area contributed by atoms with Crippen molar-refractivity contribution in [3.8, 4) is 0 Å². The maximum atomic E-state index is 12.0. The molecule has 1 fully saturated rings. The summed E-state index contributed by atoms with van der Waals surface area (Å²) in [5.41, 5.74) is 2.08. The third-order valence-corrected chi connectivity index (χ3v) is 4.85. The minimum absolute atomic E-state index is 0.152. The second kappa shape index (κ2) is 10.4. The summed E-state index contributed by atoms with van der Waals surface area (Å²) in [5, 5.41) is 5.80. The fourth-order valence-electron chi connectivity index (χ4n) is 3.06. The van der Waals surface area contributed by atoms with E-state index in [1.807, 2.05) is 12.1 Å². The fourth-order valence-corrected chi connectivity index (χ4v) is 3.06. The van der Waals surface area contributed by atoms with E-state index < -0.39 is 0 Å². The molecule has 0 saturated carbocycles. The SMILES string of the molecule is CCN(CC)CCNC(=O)Nc1ccc(C(C)N2CCOCC2)cc1. The Morgan fingerprint density at radius 1 is 1.20 bits per heavy atom. The zero-order valence-corrected chi connectivity index (χ0v) is 15.8. The molecule has 140 valence electrons. The number of benzene rings is 1. The van der Waals surface area contributed by atoms with E-state index in [2.05, 4.69) is 53.3 Å². The molecule has 6 heteroatoms. The number of amides is 2. The number of carbonyl (C=O) groups excluding carboxylic acids is 1. The number of anilines is 1. The van der Waals surface area contributed by atoms with Crippen LogP contribution in [0.4, 0.5) is 10.5 Å². The van der Waals surface area contributed by atoms with Gasteiger partial charge >= 0.3 is 6.03 Å². The van der Waals surface area contributed by atoms with Gasteiger partial charge in [0, 0.05) is 37.9 Å². The average Bonchev–Trinajstić information content (AvgIpc) is 2.66. The first-order valence-electron chi connectivity index (χ1n) is 9.33. The predicted molar refractivity (Wildman–Crippen MR) is 102 cm³/mol. The number of carbonyl (C=O) groups is 1. The number of ether oxygens (including phenoxy) is 1. The number of morpholine rings is 1. The highest BCUT2D eigenvalue weighted by Crippen LogP contribution is 2.22. The molecule has 6 nitrogen and oxygen atoms in total. The first-order chi connectivity index (χ1) is 12.1. The molecule has 1 aromatic rings. The summed E-state index contributed by atoms with van der Waals surface area (Å²) in [6.45, 7) is 13.5. The van der Waals surface area contributed by atoms with Crippen LogP contribution < -0.4 is 10.6 Å². The molecule has 1 heterocycles. The molecule has 2 rings (SSSR count). The molecule has 0 spiro atoms. The summed E-state index contributed by atoms with van der Waals surface area (Å²) in [6.07, 6.45) is 0. The van der Waals surface area contributed by atoms with Crippen LogP contribution in [0.25, 0.3) is 0 Å². The normalized spacial score (nSPS) is 16.6. The Morgan fingerprint density at radius 3 is 2.44 bits per heavy atom. The van der Waals surface area contributed by atoms with E-state index in [1.165, 1.54) is 5.56 Å². The molecule has 25 heavy (non-hydrogen) atoms. The van der Waals surface area contributed by atoms with Crippen molar-refractivity contribution >= 4 is 11.7 Å². The Bertz CT molecular complexity index is 511. The Hall–Kier alpha value is -1.63. The second-order valence-electron chi connectivity index (χ2n) is 6.35. The zero-order chi connectivity index (χ0) is 18.1. The Kier molecular flexibility index (Phi) is 8.18. The number of nitrogens with zero attached hydrogens (tertiary/aromatic N) is 2. The Labute approximate surface area is 151 Å². The summed E-state index contributed by atoms with van der Waals surface area (Å²) in [6, 6.07) is 8.33. The highest BCUT2D eigenvalue weighted by molar-refractivity contribution is 5.89. The maximum Gasteiger partial charge on any atom is 0.319 e. The average molecular weight is 348 g/mol. The van der Waals surface area contributed by atoms with Gasteiger partial charge in [0.15, 0.2) is 0 Å². The third kappa shape index (κ3) is 6.30. The molecule has 1 unspecified atom stereocenters. The summed E-state index contributed by atoms with van der Waals surface area (Å²) in [4.78, 5) is 16.7. The molecule has 0 bridgehead atoms. The predicted octanol–water partition coefficient (Wildman–Crippen LogP) is 2.54. The number of hydrogen-bond acceptors (Lipinski definition) is 4. The Balaban J connectivity index is 1.78. The van der Waals surface area contributed by atoms with Gasteiger partial charge in [-0.15, -0.1) is 0 Å². The molecule has 0 aliphatic carbocycles. The number of rotatable bonds is 8. The van der Waals surface area contributed by atoms with Gasteiger partial charge in [0.05, 0.1) is 13.2 Å². The van der Waals surface area contributed by atoms with Crippen LogP contribution >= 0.6 is 0 Å². The lowest BCUT2D eigenvalue weighted by atomic mass is 10.1. The van der Waals surface area contributed by atoms with Gasteiger partial charge in [-0.3, -0.25) is 4.90 Å². The largest absolute Gasteiger partial charge is 0.379 e. The van der Waals surface area contributed by atoms with Crippen LogP contribution in [0.2, 0.25) is 0 Å². The standard InChI is InChI=1S/C19H32N4O2/c1-4-22(5-2)11-10-20-19(24)21-18-8-6-17(7-9-18)16(3)23-12-14-25-15-13-23/h6-9,16H,4-5,10-15H2,1-3H3,(H2,20,21,24). The molecule has 1 aliphatic heterocycles. The monoisotopic (exact) mass is 348 g/mol. The van der Waals surface area contributed by atoms with E-state index in [0.29, 0.717) is 12.6 Å². The number of likely N-dealkylation sites (N-methyl/N-ethyl adjacent to an activating group) is 1. The molecule has 2 N–H and O–H groups in total. The van der Waals surface area contributed by atoms with Gasteiger partial charge in [-0.25, -0.2) is 4.79 Å². The first-order valence-corrected chi connectivity index (χ1v) is 9.33. The molecule has 2 amide bonds. The molecular weight excluding hydrogens is 316 g/mol. The van der Waals surface area contributed by atoms with Crippen molar-refractivity contribution in [2.24, 2.45) is 0 Å². The van der Waals surface area contributed by atoms with E-state index >= 15 is 0 Å². The highest BCUT2D eigenvalue weighted by Gasteiger charge is 2.18. The van der Waals surface area contributed by atoms with Crippen LogP contribution in [0.1, 0.15) is 32.4 Å². The number of hydrogen-bond donors (Lipinski definition) is 2. The molecule has 1 aromatic carbocycles. The van der Waals surface area contributed by atoms with Gasteiger partial charge in [0.1, 0.15) is 0 Å². The first kappa shape index (κ1) is 19.7. The second-order valence-corrected chi connectivity index (χ2v) is 6.35. The van der Waals surface area contributed by atoms with Crippen molar-refractivity contribution < 1.29 is 9.53 Å². The molecular formula is C19H32N4O2. The van der Waals surface area contributed by atoms with Crippen LogP contribution in [-0.2, 0) is 4.74 Å². The quantitative estimate of drug-likeness (QED) is 0.758. The molecule has 0 radical (unpaired) electrons. The number of urea groups is 1. The van der Waals surface area contributed by atoms with Crippen LogP contribution in [-0.4, -0.2) is 68.3 Å². The Morgan fingerprint density at radius 2 is 1.84 bits per heavy atom. The van der Waals surface area contributed by atoms with E-state index in [1.54, 1.807) is 0 Å². The fraction of sp³-hybridized carbons (Fsp3) is 0.632. The van der Waals surface area contributed by atoms with E-state index in [0.717, 1.165) is 51.6 Å². The topological polar surface area (TPSA) is 56.8 Å². The summed E-state index contributed by atoms with van der Waals surface area (Å²) in [7, 11) is 0. The molecule has 1 aliphatic rings. The summed E-state index contributed by atoms with van der Waals surface area (Å²) < 4.78 is 5.41. The van der Waals surface area contributed by atoms with Gasteiger partial charge in [0.2, 0.25) is 0 Å². The van der Waals surface area contributed by atoms with Crippen LogP contribution in [0.15, 0.2) is 24.3 Å². The maximum absolute atomic E-state index is 12.0. The van der Waals surface area contributed by atoms with Gasteiger partial charge in [-0.05, 0) is 37.7 Å². The smallest absolute Gasteiger partial charge is 0.319 e. The van der Waals surface area contributed by atoms with E-state index in [9.17, 15) is 4.79 Å². The van der Waals surface area contributed by atoms with Crippen molar-refractivity contribution in [1.82, 2.24) is 15.1 Å². The van der Waals surface area contributed by atoms with E-state index in [4.69, 9.17) is 4.74 Å². The highest BCUT2D eigenvalue weighted by atomic mass is 16.5. The molecule has 0 aromatic heterocycles. The molecule has 1 saturated heterocycles. The van der Waals surface area contributed by atoms with Crippen molar-refractivity contribution in [1.29, 1.82) is 0 Å².